The van der Waals surface area contributed by atoms with Crippen molar-refractivity contribution in [1.82, 2.24) is 5.32 Å². The Morgan fingerprint density at radius 2 is 2.10 bits per heavy atom. The molecule has 0 spiro atoms. The number of hydrogen-bond acceptors (Lipinski definition) is 4. The van der Waals surface area contributed by atoms with E-state index in [-0.39, 0.29) is 5.92 Å². The van der Waals surface area contributed by atoms with Crippen LogP contribution < -0.4 is 5.32 Å². The fraction of sp³-hybridized carbons (Fsp3) is 0.833. The van der Waals surface area contributed by atoms with E-state index in [9.17, 15) is 4.79 Å². The van der Waals surface area contributed by atoms with Gasteiger partial charge in [0.1, 0.15) is 6.04 Å². The van der Waals surface area contributed by atoms with Gasteiger partial charge in [0.25, 0.3) is 0 Å². The topological polar surface area (TPSA) is 58.6 Å². The molecule has 0 unspecified atom stereocenters. The molecule has 0 saturated carbocycles. The molecule has 0 fully saturated rings. The van der Waals surface area contributed by atoms with Crippen molar-refractivity contribution in [3.05, 3.63) is 0 Å². The number of nitrogens with one attached hydrogen (secondary N) is 1. The number of carbonyl (C=O) groups is 1. The normalized spacial score (nSPS) is 13.3. The standard InChI is InChI=1S/C6H13NO3/c1-4(2)5(7-3)6(8)10-9/h4-5,7,9H,1-3H3/t5-/m0/s1. The summed E-state index contributed by atoms with van der Waals surface area (Å²) in [5, 5.41) is 10.7. The van der Waals surface area contributed by atoms with Crippen LogP contribution in [0.3, 0.4) is 0 Å². The molecule has 4 nitrogen and oxygen atoms in total. The number of rotatable bonds is 3. The summed E-state index contributed by atoms with van der Waals surface area (Å²) in [6.07, 6.45) is 0. The van der Waals surface area contributed by atoms with Gasteiger partial charge in [-0.3, -0.25) is 4.89 Å². The maximum atomic E-state index is 10.6. The van der Waals surface area contributed by atoms with E-state index in [1.54, 1.807) is 7.05 Å². The maximum absolute atomic E-state index is 10.6. The molecule has 0 aromatic carbocycles. The summed E-state index contributed by atoms with van der Waals surface area (Å²) >= 11 is 0. The average Bonchev–Trinajstić information content (AvgIpc) is 1.88. The molecule has 2 N–H and O–H groups in total. The summed E-state index contributed by atoms with van der Waals surface area (Å²) in [5.74, 6) is -0.526. The first-order valence-electron chi connectivity index (χ1n) is 3.16. The third kappa shape index (κ3) is 2.33. The van der Waals surface area contributed by atoms with Crippen LogP contribution in [0.1, 0.15) is 13.8 Å². The molecular formula is C6H13NO3. The zero-order valence-corrected chi connectivity index (χ0v) is 6.42. The van der Waals surface area contributed by atoms with Gasteiger partial charge < -0.3 is 5.32 Å². The van der Waals surface area contributed by atoms with Crippen molar-refractivity contribution in [2.75, 3.05) is 7.05 Å². The summed E-state index contributed by atoms with van der Waals surface area (Å²) in [5.41, 5.74) is 0. The Hall–Kier alpha value is -0.610. The maximum Gasteiger partial charge on any atom is 0.359 e. The molecule has 0 aromatic heterocycles. The summed E-state index contributed by atoms with van der Waals surface area (Å²) in [7, 11) is 1.64. The largest absolute Gasteiger partial charge is 0.359 e. The Kier molecular flexibility index (Phi) is 3.99. The van der Waals surface area contributed by atoms with E-state index in [0.717, 1.165) is 0 Å². The minimum atomic E-state index is -0.641. The molecule has 60 valence electrons. The summed E-state index contributed by atoms with van der Waals surface area (Å²) < 4.78 is 0. The molecule has 0 bridgehead atoms. The molecule has 0 rings (SSSR count). The number of hydrogen-bond donors (Lipinski definition) is 2. The van der Waals surface area contributed by atoms with E-state index in [4.69, 9.17) is 5.26 Å². The first-order chi connectivity index (χ1) is 4.63. The monoisotopic (exact) mass is 147 g/mol. The Bertz CT molecular complexity index is 114. The van der Waals surface area contributed by atoms with Gasteiger partial charge in [0.05, 0.1) is 0 Å². The molecule has 4 heteroatoms. The minimum Gasteiger partial charge on any atom is -0.307 e. The van der Waals surface area contributed by atoms with Crippen LogP contribution in [-0.2, 0) is 9.68 Å². The van der Waals surface area contributed by atoms with Crippen LogP contribution in [0.2, 0.25) is 0 Å². The third-order valence-electron chi connectivity index (χ3n) is 1.32. The van der Waals surface area contributed by atoms with Crippen LogP contribution in [0.25, 0.3) is 0 Å². The zero-order valence-electron chi connectivity index (χ0n) is 6.42. The second kappa shape index (κ2) is 4.24. The molecule has 0 amide bonds. The predicted molar refractivity (Wildman–Crippen MR) is 36.4 cm³/mol. The molecule has 0 saturated heterocycles. The summed E-state index contributed by atoms with van der Waals surface area (Å²) in [6, 6.07) is -0.426. The molecule has 0 aromatic rings. The van der Waals surface area contributed by atoms with Crippen molar-refractivity contribution in [1.29, 1.82) is 0 Å². The van der Waals surface area contributed by atoms with Crippen LogP contribution in [0.15, 0.2) is 0 Å². The van der Waals surface area contributed by atoms with Crippen molar-refractivity contribution in [3.63, 3.8) is 0 Å². The molecule has 0 aliphatic carbocycles. The first-order valence-corrected chi connectivity index (χ1v) is 3.16. The van der Waals surface area contributed by atoms with E-state index < -0.39 is 12.0 Å². The Morgan fingerprint density at radius 3 is 2.20 bits per heavy atom. The lowest BCUT2D eigenvalue weighted by Crippen LogP contribution is -2.39. The van der Waals surface area contributed by atoms with E-state index in [2.05, 4.69) is 10.2 Å². The van der Waals surface area contributed by atoms with Crippen LogP contribution >= 0.6 is 0 Å². The third-order valence-corrected chi connectivity index (χ3v) is 1.32. The van der Waals surface area contributed by atoms with Crippen LogP contribution in [0.5, 0.6) is 0 Å². The van der Waals surface area contributed by atoms with Gasteiger partial charge in [0, 0.05) is 0 Å². The Morgan fingerprint density at radius 1 is 1.60 bits per heavy atom. The zero-order chi connectivity index (χ0) is 8.15. The quantitative estimate of drug-likeness (QED) is 0.443. The fourth-order valence-electron chi connectivity index (χ4n) is 0.780. The van der Waals surface area contributed by atoms with Gasteiger partial charge in [0.15, 0.2) is 0 Å². The average molecular weight is 147 g/mol. The van der Waals surface area contributed by atoms with Gasteiger partial charge in [-0.25, -0.2) is 4.79 Å². The molecule has 1 atom stereocenters. The Labute approximate surface area is 60.1 Å². The van der Waals surface area contributed by atoms with Gasteiger partial charge in [-0.15, -0.1) is 0 Å². The van der Waals surface area contributed by atoms with Crippen molar-refractivity contribution in [2.45, 2.75) is 19.9 Å². The minimum absolute atomic E-state index is 0.115. The second-order valence-corrected chi connectivity index (χ2v) is 2.42. The van der Waals surface area contributed by atoms with E-state index in [0.29, 0.717) is 0 Å². The van der Waals surface area contributed by atoms with Crippen molar-refractivity contribution < 1.29 is 14.9 Å². The Balaban J connectivity index is 3.93. The van der Waals surface area contributed by atoms with Crippen molar-refractivity contribution in [3.8, 4) is 0 Å². The highest BCUT2D eigenvalue weighted by molar-refractivity contribution is 5.75. The van der Waals surface area contributed by atoms with Crippen LogP contribution in [0.4, 0.5) is 0 Å². The van der Waals surface area contributed by atoms with E-state index in [1.807, 2.05) is 13.8 Å². The smallest absolute Gasteiger partial charge is 0.307 e. The lowest BCUT2D eigenvalue weighted by Gasteiger charge is -2.15. The van der Waals surface area contributed by atoms with Crippen LogP contribution in [-0.4, -0.2) is 24.3 Å². The second-order valence-electron chi connectivity index (χ2n) is 2.42. The van der Waals surface area contributed by atoms with Gasteiger partial charge >= 0.3 is 5.97 Å². The molecule has 0 heterocycles. The SMILES string of the molecule is CN[C@H](C(=O)OO)C(C)C. The highest BCUT2D eigenvalue weighted by atomic mass is 17.1. The molecule has 0 aliphatic rings. The summed E-state index contributed by atoms with van der Waals surface area (Å²) in [6.45, 7) is 3.72. The highest BCUT2D eigenvalue weighted by Crippen LogP contribution is 2.01. The van der Waals surface area contributed by atoms with E-state index in [1.165, 1.54) is 0 Å². The van der Waals surface area contributed by atoms with Crippen molar-refractivity contribution >= 4 is 5.97 Å². The fourth-order valence-corrected chi connectivity index (χ4v) is 0.780. The lowest BCUT2D eigenvalue weighted by molar-refractivity contribution is -0.237. The van der Waals surface area contributed by atoms with Gasteiger partial charge in [-0.2, -0.15) is 5.26 Å². The highest BCUT2D eigenvalue weighted by Gasteiger charge is 2.21. The number of carbonyl (C=O) groups excluding carboxylic acids is 1. The van der Waals surface area contributed by atoms with E-state index >= 15 is 0 Å². The first kappa shape index (κ1) is 9.39. The van der Waals surface area contributed by atoms with Crippen molar-refractivity contribution in [2.24, 2.45) is 5.92 Å². The van der Waals surface area contributed by atoms with Gasteiger partial charge in [-0.05, 0) is 13.0 Å². The molecule has 0 radical (unpaired) electrons. The van der Waals surface area contributed by atoms with Gasteiger partial charge in [0.2, 0.25) is 0 Å². The summed E-state index contributed by atoms with van der Waals surface area (Å²) in [4.78, 5) is 14.2. The molecule has 0 aliphatic heterocycles. The lowest BCUT2D eigenvalue weighted by atomic mass is 10.1. The van der Waals surface area contributed by atoms with Gasteiger partial charge in [-0.1, -0.05) is 13.8 Å². The number of likely N-dealkylation sites (N-methyl/N-ethyl adjacent to an activating group) is 1. The van der Waals surface area contributed by atoms with Crippen LogP contribution in [0, 0.1) is 5.92 Å². The predicted octanol–water partition coefficient (Wildman–Crippen LogP) is 0.247. The molecular weight excluding hydrogens is 134 g/mol. The molecule has 10 heavy (non-hydrogen) atoms.